The summed E-state index contributed by atoms with van der Waals surface area (Å²) in [5.41, 5.74) is 0. The molecule has 0 aromatic heterocycles. The highest BCUT2D eigenvalue weighted by Gasteiger charge is 2.49. The molecule has 13 heavy (non-hydrogen) atoms. The number of aliphatic hydroxyl groups excluding tert-OH is 3. The van der Waals surface area contributed by atoms with Gasteiger partial charge in [0.25, 0.3) is 0 Å². The van der Waals surface area contributed by atoms with Crippen LogP contribution in [0.4, 0.5) is 4.39 Å². The molecule has 2 heterocycles. The summed E-state index contributed by atoms with van der Waals surface area (Å²) >= 11 is 0. The van der Waals surface area contributed by atoms with E-state index < -0.39 is 30.5 Å². The van der Waals surface area contributed by atoms with Crippen LogP contribution in [-0.4, -0.2) is 63.8 Å². The second-order valence-electron chi connectivity index (χ2n) is 3.84. The van der Waals surface area contributed by atoms with E-state index in [0.717, 1.165) is 0 Å². The van der Waals surface area contributed by atoms with Gasteiger partial charge in [-0.25, -0.2) is 4.39 Å². The van der Waals surface area contributed by atoms with Crippen molar-refractivity contribution in [2.24, 2.45) is 0 Å². The van der Waals surface area contributed by atoms with Gasteiger partial charge in [0.1, 0.15) is 6.17 Å². The summed E-state index contributed by atoms with van der Waals surface area (Å²) in [7, 11) is 0. The van der Waals surface area contributed by atoms with Gasteiger partial charge in [-0.2, -0.15) is 0 Å². The zero-order valence-corrected chi connectivity index (χ0v) is 7.17. The predicted molar refractivity (Wildman–Crippen MR) is 42.9 cm³/mol. The van der Waals surface area contributed by atoms with Crippen LogP contribution < -0.4 is 0 Å². The summed E-state index contributed by atoms with van der Waals surface area (Å²) in [4.78, 5) is 1.70. The zero-order chi connectivity index (χ0) is 9.59. The Hall–Kier alpha value is -0.230. The smallest absolute Gasteiger partial charge is 0.144 e. The summed E-state index contributed by atoms with van der Waals surface area (Å²) in [6.07, 6.45) is -4.02. The third-order valence-corrected chi connectivity index (χ3v) is 2.99. The van der Waals surface area contributed by atoms with Crippen LogP contribution in [0, 0.1) is 0 Å². The fourth-order valence-electron chi connectivity index (χ4n) is 2.23. The average Bonchev–Trinajstić information content (AvgIpc) is 2.37. The standard InChI is InChI=1S/C8H14FNO3/c9-6-4(11)1-2-10-3-5(12)8(13)7(6)10/h4-8,11-13H,1-3H2/t4-,5-,6-,7-,8+/m0/s1. The van der Waals surface area contributed by atoms with Crippen molar-refractivity contribution < 1.29 is 19.7 Å². The Labute approximate surface area is 75.6 Å². The van der Waals surface area contributed by atoms with Crippen LogP contribution in [0.25, 0.3) is 0 Å². The molecule has 2 aliphatic heterocycles. The third kappa shape index (κ3) is 1.36. The average molecular weight is 191 g/mol. The summed E-state index contributed by atoms with van der Waals surface area (Å²) in [5.74, 6) is 0. The molecule has 0 aromatic rings. The van der Waals surface area contributed by atoms with Gasteiger partial charge in [-0.1, -0.05) is 0 Å². The van der Waals surface area contributed by atoms with Gasteiger partial charge in [-0.3, -0.25) is 4.90 Å². The first-order valence-corrected chi connectivity index (χ1v) is 4.53. The van der Waals surface area contributed by atoms with Crippen molar-refractivity contribution in [1.82, 2.24) is 4.90 Å². The Morgan fingerprint density at radius 3 is 2.54 bits per heavy atom. The number of rotatable bonds is 0. The Bertz CT molecular complexity index is 202. The number of aliphatic hydroxyl groups is 3. The molecule has 2 fully saturated rings. The van der Waals surface area contributed by atoms with Gasteiger partial charge < -0.3 is 15.3 Å². The molecule has 2 saturated heterocycles. The van der Waals surface area contributed by atoms with Gasteiger partial charge in [-0.05, 0) is 6.42 Å². The molecular formula is C8H14FNO3. The van der Waals surface area contributed by atoms with Gasteiger partial charge in [-0.15, -0.1) is 0 Å². The molecule has 2 rings (SSSR count). The van der Waals surface area contributed by atoms with Crippen molar-refractivity contribution in [1.29, 1.82) is 0 Å². The molecule has 0 radical (unpaired) electrons. The van der Waals surface area contributed by atoms with E-state index in [-0.39, 0.29) is 0 Å². The maximum absolute atomic E-state index is 13.4. The number of piperidine rings is 1. The molecule has 5 heteroatoms. The summed E-state index contributed by atoms with van der Waals surface area (Å²) in [6, 6.07) is -0.723. The number of alkyl halides is 1. The maximum atomic E-state index is 13.4. The van der Waals surface area contributed by atoms with Crippen molar-refractivity contribution in [3.63, 3.8) is 0 Å². The van der Waals surface area contributed by atoms with E-state index in [1.807, 2.05) is 0 Å². The fourth-order valence-corrected chi connectivity index (χ4v) is 2.23. The summed E-state index contributed by atoms with van der Waals surface area (Å²) in [6.45, 7) is 0.847. The minimum Gasteiger partial charge on any atom is -0.390 e. The van der Waals surface area contributed by atoms with E-state index in [1.165, 1.54) is 0 Å². The molecule has 0 unspecified atom stereocenters. The summed E-state index contributed by atoms with van der Waals surface area (Å²) < 4.78 is 13.4. The van der Waals surface area contributed by atoms with Crippen LogP contribution in [-0.2, 0) is 0 Å². The van der Waals surface area contributed by atoms with Crippen LogP contribution in [0.15, 0.2) is 0 Å². The van der Waals surface area contributed by atoms with Crippen LogP contribution >= 0.6 is 0 Å². The first-order chi connectivity index (χ1) is 6.11. The van der Waals surface area contributed by atoms with Crippen LogP contribution in [0.2, 0.25) is 0 Å². The lowest BCUT2D eigenvalue weighted by Crippen LogP contribution is -2.53. The van der Waals surface area contributed by atoms with Gasteiger partial charge in [0.2, 0.25) is 0 Å². The van der Waals surface area contributed by atoms with Gasteiger partial charge in [0.15, 0.2) is 0 Å². The van der Waals surface area contributed by atoms with E-state index in [2.05, 4.69) is 0 Å². The number of hydrogen-bond donors (Lipinski definition) is 3. The van der Waals surface area contributed by atoms with E-state index in [1.54, 1.807) is 4.90 Å². The van der Waals surface area contributed by atoms with Gasteiger partial charge in [0.05, 0.1) is 24.4 Å². The fraction of sp³-hybridized carbons (Fsp3) is 1.00. The van der Waals surface area contributed by atoms with Crippen LogP contribution in [0.3, 0.4) is 0 Å². The molecule has 0 saturated carbocycles. The van der Waals surface area contributed by atoms with E-state index in [9.17, 15) is 19.7 Å². The maximum Gasteiger partial charge on any atom is 0.144 e. The molecule has 0 amide bonds. The minimum absolute atomic E-state index is 0.305. The normalized spacial score (nSPS) is 52.2. The topological polar surface area (TPSA) is 63.9 Å². The van der Waals surface area contributed by atoms with E-state index in [4.69, 9.17) is 0 Å². The van der Waals surface area contributed by atoms with Crippen LogP contribution in [0.5, 0.6) is 0 Å². The van der Waals surface area contributed by atoms with Gasteiger partial charge >= 0.3 is 0 Å². The molecule has 76 valence electrons. The predicted octanol–water partition coefficient (Wildman–Crippen LogP) is -1.50. The lowest BCUT2D eigenvalue weighted by molar-refractivity contribution is -0.0544. The molecule has 0 spiro atoms. The molecule has 4 nitrogen and oxygen atoms in total. The van der Waals surface area contributed by atoms with Crippen molar-refractivity contribution >= 4 is 0 Å². The van der Waals surface area contributed by atoms with Crippen LogP contribution in [0.1, 0.15) is 6.42 Å². The Balaban J connectivity index is 2.14. The lowest BCUT2D eigenvalue weighted by Gasteiger charge is -2.36. The highest BCUT2D eigenvalue weighted by atomic mass is 19.1. The molecular weight excluding hydrogens is 177 g/mol. The van der Waals surface area contributed by atoms with Crippen molar-refractivity contribution in [3.05, 3.63) is 0 Å². The Morgan fingerprint density at radius 2 is 1.85 bits per heavy atom. The van der Waals surface area contributed by atoms with Crippen molar-refractivity contribution in [2.75, 3.05) is 13.1 Å². The van der Waals surface area contributed by atoms with Crippen molar-refractivity contribution in [3.8, 4) is 0 Å². The number of fused-ring (bicyclic) bond motifs is 1. The molecule has 5 atom stereocenters. The minimum atomic E-state index is -1.44. The number of halogens is 1. The molecule has 0 aliphatic carbocycles. The molecule has 0 aromatic carbocycles. The second kappa shape index (κ2) is 3.16. The SMILES string of the molecule is O[C@H]1[C@@H]2[C@@H](F)[C@@H](O)CCN2C[C@@H]1O. The largest absolute Gasteiger partial charge is 0.390 e. The molecule has 3 N–H and O–H groups in total. The Kier molecular flexibility index (Phi) is 2.27. The second-order valence-corrected chi connectivity index (χ2v) is 3.84. The number of nitrogens with zero attached hydrogens (tertiary/aromatic N) is 1. The highest BCUT2D eigenvalue weighted by molar-refractivity contribution is 5.02. The Morgan fingerprint density at radius 1 is 1.15 bits per heavy atom. The summed E-state index contributed by atoms with van der Waals surface area (Å²) in [5, 5.41) is 28.0. The zero-order valence-electron chi connectivity index (χ0n) is 7.17. The van der Waals surface area contributed by atoms with Gasteiger partial charge in [0, 0.05) is 13.1 Å². The molecule has 0 bridgehead atoms. The third-order valence-electron chi connectivity index (χ3n) is 2.99. The first kappa shape index (κ1) is 9.33. The molecule has 2 aliphatic rings. The highest BCUT2D eigenvalue weighted by Crippen LogP contribution is 2.29. The van der Waals surface area contributed by atoms with E-state index >= 15 is 0 Å². The van der Waals surface area contributed by atoms with E-state index in [0.29, 0.717) is 19.5 Å². The first-order valence-electron chi connectivity index (χ1n) is 4.53. The monoisotopic (exact) mass is 191 g/mol. The number of hydrogen-bond acceptors (Lipinski definition) is 4. The van der Waals surface area contributed by atoms with Crippen molar-refractivity contribution in [2.45, 2.75) is 36.9 Å². The quantitative estimate of drug-likeness (QED) is 0.436. The lowest BCUT2D eigenvalue weighted by atomic mass is 9.96.